The summed E-state index contributed by atoms with van der Waals surface area (Å²) in [5.41, 5.74) is 3.54. The number of aryl methyl sites for hydroxylation is 2. The smallest absolute Gasteiger partial charge is 0.258 e. The fourth-order valence-corrected chi connectivity index (χ4v) is 3.07. The van der Waals surface area contributed by atoms with E-state index >= 15 is 0 Å². The Hall–Kier alpha value is -2.01. The molecule has 1 amide bonds. The molecule has 2 rings (SSSR count). The maximum absolute atomic E-state index is 11.9. The first-order chi connectivity index (χ1) is 12.3. The van der Waals surface area contributed by atoms with E-state index < -0.39 is 0 Å². The number of benzene rings is 2. The molecule has 0 bridgehead atoms. The van der Waals surface area contributed by atoms with Crippen LogP contribution in [0.5, 0.6) is 11.5 Å². The Morgan fingerprint density at radius 3 is 2.38 bits per heavy atom. The van der Waals surface area contributed by atoms with Crippen LogP contribution in [0.1, 0.15) is 36.5 Å². The van der Waals surface area contributed by atoms with Gasteiger partial charge in [-0.2, -0.15) is 0 Å². The monoisotopic (exact) mass is 419 g/mol. The van der Waals surface area contributed by atoms with Crippen molar-refractivity contribution in [2.24, 2.45) is 0 Å². The molecule has 0 aliphatic heterocycles. The van der Waals surface area contributed by atoms with Gasteiger partial charge < -0.3 is 14.8 Å². The number of rotatable bonds is 8. The largest absolute Gasteiger partial charge is 0.492 e. The maximum atomic E-state index is 11.9. The minimum absolute atomic E-state index is 0.0246. The van der Waals surface area contributed by atoms with Crippen molar-refractivity contribution in [2.75, 3.05) is 19.8 Å². The van der Waals surface area contributed by atoms with Crippen molar-refractivity contribution in [3.8, 4) is 11.5 Å². The number of carbonyl (C=O) groups is 1. The van der Waals surface area contributed by atoms with E-state index in [0.29, 0.717) is 24.8 Å². The molecule has 0 unspecified atom stereocenters. The summed E-state index contributed by atoms with van der Waals surface area (Å²) in [6.45, 7) is 9.16. The first-order valence-electron chi connectivity index (χ1n) is 8.75. The summed E-state index contributed by atoms with van der Waals surface area (Å²) in [4.78, 5) is 11.9. The van der Waals surface area contributed by atoms with Crippen LogP contribution in [0.3, 0.4) is 0 Å². The number of amides is 1. The second-order valence-corrected chi connectivity index (χ2v) is 7.51. The van der Waals surface area contributed by atoms with Gasteiger partial charge in [-0.3, -0.25) is 4.79 Å². The van der Waals surface area contributed by atoms with Gasteiger partial charge in [-0.1, -0.05) is 26.0 Å². The predicted molar refractivity (Wildman–Crippen MR) is 108 cm³/mol. The highest BCUT2D eigenvalue weighted by Gasteiger charge is 2.08. The molecular formula is C21H26BrNO3. The fraction of sp³-hybridized carbons (Fsp3) is 0.381. The zero-order valence-electron chi connectivity index (χ0n) is 15.8. The Morgan fingerprint density at radius 1 is 1.08 bits per heavy atom. The number of nitrogens with one attached hydrogen (secondary N) is 1. The van der Waals surface area contributed by atoms with Crippen molar-refractivity contribution in [2.45, 2.75) is 33.6 Å². The molecule has 0 aromatic heterocycles. The first-order valence-corrected chi connectivity index (χ1v) is 9.54. The molecule has 0 aliphatic rings. The lowest BCUT2D eigenvalue weighted by Crippen LogP contribution is -2.32. The molecule has 2 aromatic rings. The van der Waals surface area contributed by atoms with Gasteiger partial charge in [0.2, 0.25) is 0 Å². The molecule has 0 saturated carbocycles. The minimum atomic E-state index is -0.172. The van der Waals surface area contributed by atoms with Gasteiger partial charge in [0.25, 0.3) is 5.91 Å². The molecule has 140 valence electrons. The Bertz CT molecular complexity index is 739. The van der Waals surface area contributed by atoms with E-state index in [1.54, 1.807) is 0 Å². The molecule has 0 saturated heterocycles. The van der Waals surface area contributed by atoms with Gasteiger partial charge in [-0.25, -0.2) is 0 Å². The van der Waals surface area contributed by atoms with Crippen molar-refractivity contribution >= 4 is 21.8 Å². The van der Waals surface area contributed by atoms with Gasteiger partial charge in [0.05, 0.1) is 11.0 Å². The van der Waals surface area contributed by atoms with Crippen molar-refractivity contribution < 1.29 is 14.3 Å². The van der Waals surface area contributed by atoms with E-state index in [9.17, 15) is 4.79 Å². The lowest BCUT2D eigenvalue weighted by molar-refractivity contribution is -0.123. The van der Waals surface area contributed by atoms with Crippen LogP contribution in [0.25, 0.3) is 0 Å². The Balaban J connectivity index is 1.72. The van der Waals surface area contributed by atoms with Crippen molar-refractivity contribution in [1.82, 2.24) is 5.32 Å². The predicted octanol–water partition coefficient (Wildman–Crippen LogP) is 4.76. The SMILES string of the molecule is Cc1cc(C)cc(OCCNC(=O)COc2ccc(C(C)C)cc2Br)c1. The summed E-state index contributed by atoms with van der Waals surface area (Å²) < 4.78 is 12.1. The highest BCUT2D eigenvalue weighted by Crippen LogP contribution is 2.28. The average Bonchev–Trinajstić information content (AvgIpc) is 2.56. The van der Waals surface area contributed by atoms with Crippen molar-refractivity contribution in [3.63, 3.8) is 0 Å². The molecule has 2 aromatic carbocycles. The summed E-state index contributed by atoms with van der Waals surface area (Å²) in [5.74, 6) is 1.76. The zero-order valence-corrected chi connectivity index (χ0v) is 17.4. The molecule has 0 atom stereocenters. The lowest BCUT2D eigenvalue weighted by atomic mass is 10.0. The number of hydrogen-bond acceptors (Lipinski definition) is 3. The quantitative estimate of drug-likeness (QED) is 0.627. The molecular weight excluding hydrogens is 394 g/mol. The van der Waals surface area contributed by atoms with Crippen LogP contribution < -0.4 is 14.8 Å². The molecule has 0 fully saturated rings. The van der Waals surface area contributed by atoms with Gasteiger partial charge in [0.1, 0.15) is 18.1 Å². The normalized spacial score (nSPS) is 10.7. The van der Waals surface area contributed by atoms with Crippen molar-refractivity contribution in [1.29, 1.82) is 0 Å². The van der Waals surface area contributed by atoms with Crippen LogP contribution in [0.15, 0.2) is 40.9 Å². The molecule has 5 heteroatoms. The van der Waals surface area contributed by atoms with Crippen LogP contribution in [-0.2, 0) is 4.79 Å². The van der Waals surface area contributed by atoms with Crippen LogP contribution >= 0.6 is 15.9 Å². The van der Waals surface area contributed by atoms with Crippen LogP contribution in [0, 0.1) is 13.8 Å². The van der Waals surface area contributed by atoms with E-state index in [4.69, 9.17) is 9.47 Å². The topological polar surface area (TPSA) is 47.6 Å². The summed E-state index contributed by atoms with van der Waals surface area (Å²) in [5, 5.41) is 2.80. The van der Waals surface area contributed by atoms with Gasteiger partial charge in [0.15, 0.2) is 6.61 Å². The minimum Gasteiger partial charge on any atom is -0.492 e. The van der Waals surface area contributed by atoms with Gasteiger partial charge in [-0.15, -0.1) is 0 Å². The van der Waals surface area contributed by atoms with Gasteiger partial charge in [0, 0.05) is 0 Å². The van der Waals surface area contributed by atoms with Crippen LogP contribution in [-0.4, -0.2) is 25.7 Å². The number of ether oxygens (including phenoxy) is 2. The van der Waals surface area contributed by atoms with Gasteiger partial charge in [-0.05, 0) is 76.7 Å². The third-order valence-corrected chi connectivity index (χ3v) is 4.49. The summed E-state index contributed by atoms with van der Waals surface area (Å²) >= 11 is 3.49. The van der Waals surface area contributed by atoms with Crippen LogP contribution in [0.4, 0.5) is 0 Å². The second-order valence-electron chi connectivity index (χ2n) is 6.66. The molecule has 0 radical (unpaired) electrons. The Labute approximate surface area is 164 Å². The second kappa shape index (κ2) is 9.62. The summed E-state index contributed by atoms with van der Waals surface area (Å²) in [6, 6.07) is 12.0. The highest BCUT2D eigenvalue weighted by atomic mass is 79.9. The third-order valence-electron chi connectivity index (χ3n) is 3.87. The molecule has 0 aliphatic carbocycles. The maximum Gasteiger partial charge on any atom is 0.258 e. The zero-order chi connectivity index (χ0) is 19.1. The lowest BCUT2D eigenvalue weighted by Gasteiger charge is -2.12. The van der Waals surface area contributed by atoms with Gasteiger partial charge >= 0.3 is 0 Å². The number of carbonyl (C=O) groups excluding carboxylic acids is 1. The standard InChI is InChI=1S/C21H26BrNO3/c1-14(2)17-5-6-20(19(22)12-17)26-13-21(24)23-7-8-25-18-10-15(3)9-16(4)11-18/h5-6,9-12,14H,7-8,13H2,1-4H3,(H,23,24). The molecule has 1 N–H and O–H groups in total. The Morgan fingerprint density at radius 2 is 1.77 bits per heavy atom. The molecule has 4 nitrogen and oxygen atoms in total. The first kappa shape index (κ1) is 20.3. The average molecular weight is 420 g/mol. The summed E-state index contributed by atoms with van der Waals surface area (Å²) in [6.07, 6.45) is 0. The van der Waals surface area contributed by atoms with E-state index in [0.717, 1.165) is 21.3 Å². The van der Waals surface area contributed by atoms with E-state index in [2.05, 4.69) is 41.2 Å². The van der Waals surface area contributed by atoms with E-state index in [-0.39, 0.29) is 12.5 Å². The van der Waals surface area contributed by atoms with E-state index in [1.165, 1.54) is 5.56 Å². The number of hydrogen-bond donors (Lipinski definition) is 1. The molecule has 0 heterocycles. The van der Waals surface area contributed by atoms with Crippen LogP contribution in [0.2, 0.25) is 0 Å². The van der Waals surface area contributed by atoms with Crippen molar-refractivity contribution in [3.05, 3.63) is 57.6 Å². The fourth-order valence-electron chi connectivity index (χ4n) is 2.56. The molecule has 26 heavy (non-hydrogen) atoms. The Kier molecular flexibility index (Phi) is 7.51. The number of halogens is 1. The summed E-state index contributed by atoms with van der Waals surface area (Å²) in [7, 11) is 0. The van der Waals surface area contributed by atoms with E-state index in [1.807, 2.05) is 44.2 Å². The highest BCUT2D eigenvalue weighted by molar-refractivity contribution is 9.10. The molecule has 0 spiro atoms. The third kappa shape index (κ3) is 6.37.